The van der Waals surface area contributed by atoms with Gasteiger partial charge in [-0.1, -0.05) is 24.1 Å². The van der Waals surface area contributed by atoms with Gasteiger partial charge in [0.25, 0.3) is 0 Å². The molecule has 1 fully saturated rings. The lowest BCUT2D eigenvalue weighted by Gasteiger charge is -2.29. The third-order valence-electron chi connectivity index (χ3n) is 3.25. The fraction of sp³-hybridized carbons (Fsp3) is 0.500. The predicted octanol–water partition coefficient (Wildman–Crippen LogP) is 3.06. The Hall–Kier alpha value is -0.840. The van der Waals surface area contributed by atoms with Gasteiger partial charge in [0.1, 0.15) is 0 Å². The van der Waals surface area contributed by atoms with Crippen LogP contribution in [0.4, 0.5) is 0 Å². The van der Waals surface area contributed by atoms with Crippen molar-refractivity contribution in [3.8, 4) is 0 Å². The van der Waals surface area contributed by atoms with Crippen molar-refractivity contribution < 1.29 is 4.79 Å². The molecule has 0 radical (unpaired) electrons. The minimum Gasteiger partial charge on any atom is -0.332 e. The van der Waals surface area contributed by atoms with E-state index in [9.17, 15) is 4.79 Å². The van der Waals surface area contributed by atoms with Crippen LogP contribution in [0, 0.1) is 0 Å². The van der Waals surface area contributed by atoms with Gasteiger partial charge < -0.3 is 10.2 Å². The number of hydrogen-bond donors (Lipinski definition) is 1. The smallest absolute Gasteiger partial charge is 0.240 e. The lowest BCUT2D eigenvalue weighted by molar-refractivity contribution is -0.134. The van der Waals surface area contributed by atoms with Crippen LogP contribution in [0.15, 0.2) is 24.8 Å². The van der Waals surface area contributed by atoms with Crippen LogP contribution in [-0.2, 0) is 11.3 Å². The number of carbonyl (C=O) groups excluding carboxylic acids is 1. The third-order valence-corrected chi connectivity index (χ3v) is 4.46. The van der Waals surface area contributed by atoms with Crippen molar-refractivity contribution in [1.29, 1.82) is 0 Å². The van der Waals surface area contributed by atoms with Crippen molar-refractivity contribution in [2.75, 3.05) is 13.1 Å². The minimum absolute atomic E-state index is 0.0378. The average molecular weight is 299 g/mol. The summed E-state index contributed by atoms with van der Waals surface area (Å²) in [5.74, 6) is 0.170. The maximum absolute atomic E-state index is 12.5. The van der Waals surface area contributed by atoms with Gasteiger partial charge >= 0.3 is 0 Å². The maximum Gasteiger partial charge on any atom is 0.240 e. The molecule has 1 aliphatic heterocycles. The SMILES string of the molecule is C=CCN(Cc1ccc(Cl)s1)C(=O)C1CCCCN1. The first kappa shape index (κ1) is 14.6. The number of thiophene rings is 1. The molecule has 1 amide bonds. The summed E-state index contributed by atoms with van der Waals surface area (Å²) >= 11 is 7.45. The summed E-state index contributed by atoms with van der Waals surface area (Å²) in [4.78, 5) is 15.4. The van der Waals surface area contributed by atoms with Crippen molar-refractivity contribution in [3.63, 3.8) is 0 Å². The second kappa shape index (κ2) is 7.08. The monoisotopic (exact) mass is 298 g/mol. The van der Waals surface area contributed by atoms with E-state index in [1.807, 2.05) is 17.0 Å². The number of nitrogens with one attached hydrogen (secondary N) is 1. The number of piperidine rings is 1. The summed E-state index contributed by atoms with van der Waals surface area (Å²) < 4.78 is 0.761. The minimum atomic E-state index is -0.0378. The van der Waals surface area contributed by atoms with E-state index in [-0.39, 0.29) is 11.9 Å². The molecule has 0 aliphatic carbocycles. The van der Waals surface area contributed by atoms with Crippen LogP contribution in [0.25, 0.3) is 0 Å². The highest BCUT2D eigenvalue weighted by Gasteiger charge is 2.25. The van der Waals surface area contributed by atoms with Crippen molar-refractivity contribution in [2.45, 2.75) is 31.8 Å². The lowest BCUT2D eigenvalue weighted by atomic mass is 10.0. The molecule has 0 bridgehead atoms. The highest BCUT2D eigenvalue weighted by Crippen LogP contribution is 2.23. The van der Waals surface area contributed by atoms with Crippen molar-refractivity contribution in [1.82, 2.24) is 10.2 Å². The fourth-order valence-corrected chi connectivity index (χ4v) is 3.40. The van der Waals surface area contributed by atoms with Gasteiger partial charge in [-0.05, 0) is 31.5 Å². The van der Waals surface area contributed by atoms with E-state index < -0.39 is 0 Å². The van der Waals surface area contributed by atoms with Gasteiger partial charge in [-0.3, -0.25) is 4.79 Å². The molecule has 1 aromatic heterocycles. The zero-order chi connectivity index (χ0) is 13.7. The van der Waals surface area contributed by atoms with E-state index in [1.165, 1.54) is 11.3 Å². The van der Waals surface area contributed by atoms with Crippen molar-refractivity contribution in [2.24, 2.45) is 0 Å². The number of halogens is 1. The molecule has 0 saturated carbocycles. The highest BCUT2D eigenvalue weighted by molar-refractivity contribution is 7.16. The van der Waals surface area contributed by atoms with Crippen molar-refractivity contribution in [3.05, 3.63) is 34.0 Å². The highest BCUT2D eigenvalue weighted by atomic mass is 35.5. The zero-order valence-corrected chi connectivity index (χ0v) is 12.5. The first-order valence-corrected chi connectivity index (χ1v) is 7.77. The van der Waals surface area contributed by atoms with Gasteiger partial charge in [0, 0.05) is 11.4 Å². The number of carbonyl (C=O) groups is 1. The maximum atomic E-state index is 12.5. The summed E-state index contributed by atoms with van der Waals surface area (Å²) in [7, 11) is 0. The standard InChI is InChI=1S/C14H19ClN2OS/c1-2-9-17(10-11-6-7-13(15)19-11)14(18)12-5-3-4-8-16-12/h2,6-7,12,16H,1,3-5,8-10H2. The van der Waals surface area contributed by atoms with E-state index in [4.69, 9.17) is 11.6 Å². The first-order valence-electron chi connectivity index (χ1n) is 6.58. The number of nitrogens with zero attached hydrogens (tertiary/aromatic N) is 1. The zero-order valence-electron chi connectivity index (χ0n) is 10.9. The molecule has 104 valence electrons. The van der Waals surface area contributed by atoms with E-state index in [1.54, 1.807) is 6.08 Å². The van der Waals surface area contributed by atoms with Crippen LogP contribution in [0.3, 0.4) is 0 Å². The van der Waals surface area contributed by atoms with Crippen molar-refractivity contribution >= 4 is 28.8 Å². The quantitative estimate of drug-likeness (QED) is 0.847. The summed E-state index contributed by atoms with van der Waals surface area (Å²) in [6.07, 6.45) is 4.98. The van der Waals surface area contributed by atoms with Gasteiger partial charge in [0.05, 0.1) is 16.9 Å². The Morgan fingerprint density at radius 2 is 2.42 bits per heavy atom. The summed E-state index contributed by atoms with van der Waals surface area (Å²) in [5, 5.41) is 3.30. The van der Waals surface area contributed by atoms with E-state index in [0.717, 1.165) is 35.0 Å². The molecule has 0 spiro atoms. The van der Waals surface area contributed by atoms with Crippen LogP contribution in [0.5, 0.6) is 0 Å². The molecule has 2 rings (SSSR count). The van der Waals surface area contributed by atoms with Crippen LogP contribution >= 0.6 is 22.9 Å². The number of hydrogen-bond acceptors (Lipinski definition) is 3. The molecule has 3 nitrogen and oxygen atoms in total. The second-order valence-corrected chi connectivity index (χ2v) is 6.52. The lowest BCUT2D eigenvalue weighted by Crippen LogP contribution is -2.48. The predicted molar refractivity (Wildman–Crippen MR) is 80.6 cm³/mol. The largest absolute Gasteiger partial charge is 0.332 e. The van der Waals surface area contributed by atoms with Gasteiger partial charge in [0.2, 0.25) is 5.91 Å². The molecule has 1 aliphatic rings. The van der Waals surface area contributed by atoms with Gasteiger partial charge in [0.15, 0.2) is 0 Å². The molecule has 0 aromatic carbocycles. The second-order valence-electron chi connectivity index (χ2n) is 4.72. The van der Waals surface area contributed by atoms with E-state index >= 15 is 0 Å². The molecular weight excluding hydrogens is 280 g/mol. The molecule has 1 aromatic rings. The Morgan fingerprint density at radius 1 is 1.58 bits per heavy atom. The molecule has 1 N–H and O–H groups in total. The third kappa shape index (κ3) is 4.06. The van der Waals surface area contributed by atoms with Crippen LogP contribution in [0.2, 0.25) is 4.34 Å². The van der Waals surface area contributed by atoms with Gasteiger partial charge in [-0.15, -0.1) is 17.9 Å². The first-order chi connectivity index (χ1) is 9.20. The normalized spacial score (nSPS) is 19.1. The number of rotatable bonds is 5. The van der Waals surface area contributed by atoms with Gasteiger partial charge in [-0.2, -0.15) is 0 Å². The Bertz CT molecular complexity index is 440. The molecule has 19 heavy (non-hydrogen) atoms. The molecule has 2 heterocycles. The number of amides is 1. The Balaban J connectivity index is 2.01. The Kier molecular flexibility index (Phi) is 5.43. The average Bonchev–Trinajstić information content (AvgIpc) is 2.84. The fourth-order valence-electron chi connectivity index (χ4n) is 2.30. The van der Waals surface area contributed by atoms with Gasteiger partial charge in [-0.25, -0.2) is 0 Å². The summed E-state index contributed by atoms with van der Waals surface area (Å²) in [5.41, 5.74) is 0. The van der Waals surface area contributed by atoms with E-state index in [0.29, 0.717) is 13.1 Å². The molecule has 1 saturated heterocycles. The molecule has 1 atom stereocenters. The molecular formula is C14H19ClN2OS. The van der Waals surface area contributed by atoms with Crippen LogP contribution in [0.1, 0.15) is 24.1 Å². The molecule has 1 unspecified atom stereocenters. The molecule has 5 heteroatoms. The summed E-state index contributed by atoms with van der Waals surface area (Å²) in [6, 6.07) is 3.81. The Labute approximate surface area is 123 Å². The summed E-state index contributed by atoms with van der Waals surface area (Å²) in [6.45, 7) is 5.86. The van der Waals surface area contributed by atoms with Crippen LogP contribution in [-0.4, -0.2) is 29.9 Å². The topological polar surface area (TPSA) is 32.3 Å². The van der Waals surface area contributed by atoms with Crippen LogP contribution < -0.4 is 5.32 Å². The van der Waals surface area contributed by atoms with E-state index in [2.05, 4.69) is 11.9 Å². The Morgan fingerprint density at radius 3 is 3.00 bits per heavy atom.